The van der Waals surface area contributed by atoms with Gasteiger partial charge in [0.05, 0.1) is 0 Å². The molecule has 25 heavy (non-hydrogen) atoms. The van der Waals surface area contributed by atoms with Crippen molar-refractivity contribution in [3.63, 3.8) is 0 Å². The van der Waals surface area contributed by atoms with Crippen molar-refractivity contribution in [1.29, 1.82) is 0 Å². The first-order valence-corrected chi connectivity index (χ1v) is 6.52. The highest BCUT2D eigenvalue weighted by Gasteiger charge is 2.92. The summed E-state index contributed by atoms with van der Waals surface area (Å²) in [6.07, 6.45) is 0. The van der Waals surface area contributed by atoms with Crippen molar-refractivity contribution in [3.8, 4) is 0 Å². The van der Waals surface area contributed by atoms with Gasteiger partial charge in [0.1, 0.15) is 0 Å². The second-order valence-electron chi connectivity index (χ2n) is 4.25. The smallest absolute Gasteiger partial charge is 0.410 e. The van der Waals surface area contributed by atoms with Crippen LogP contribution in [0.15, 0.2) is 0 Å². The first kappa shape index (κ1) is 24.9. The standard InChI is InChI=1S/C8HCl4F11O2/c9-3(15,8(10,11)12)5(18,19)7(22,23)6(20,21)4(16,17)2(13,14)1(24)25/h(H,24,25). The summed E-state index contributed by atoms with van der Waals surface area (Å²) in [5.74, 6) is -41.6. The van der Waals surface area contributed by atoms with Crippen LogP contribution in [-0.2, 0) is 4.79 Å². The summed E-state index contributed by atoms with van der Waals surface area (Å²) in [6.45, 7) is 0. The minimum absolute atomic E-state index is 4.07. The van der Waals surface area contributed by atoms with Crippen LogP contribution in [0.25, 0.3) is 0 Å². The van der Waals surface area contributed by atoms with E-state index in [2.05, 4.69) is 46.4 Å². The van der Waals surface area contributed by atoms with Crippen LogP contribution in [0.1, 0.15) is 0 Å². The van der Waals surface area contributed by atoms with Gasteiger partial charge in [-0.3, -0.25) is 0 Å². The molecule has 0 aromatic rings. The number of carbonyl (C=O) groups is 1. The van der Waals surface area contributed by atoms with Crippen LogP contribution in [0.5, 0.6) is 0 Å². The van der Waals surface area contributed by atoms with Gasteiger partial charge in [0.25, 0.3) is 5.13 Å². The van der Waals surface area contributed by atoms with E-state index >= 15 is 0 Å². The quantitative estimate of drug-likeness (QED) is 0.402. The van der Waals surface area contributed by atoms with E-state index in [1.54, 1.807) is 0 Å². The van der Waals surface area contributed by atoms with Crippen LogP contribution < -0.4 is 0 Å². The Balaban J connectivity index is 6.55. The third-order valence-electron chi connectivity index (χ3n) is 2.60. The van der Waals surface area contributed by atoms with E-state index < -0.39 is 44.5 Å². The van der Waals surface area contributed by atoms with Gasteiger partial charge in [-0.25, -0.2) is 9.18 Å². The fraction of sp³-hybridized carbons (Fsp3) is 0.875. The molecule has 0 aromatic carbocycles. The molecular formula is C8HCl4F11O2. The number of hydrogen-bond donors (Lipinski definition) is 1. The lowest BCUT2D eigenvalue weighted by atomic mass is 9.92. The Morgan fingerprint density at radius 3 is 1.12 bits per heavy atom. The van der Waals surface area contributed by atoms with E-state index in [-0.39, 0.29) is 0 Å². The SMILES string of the molecule is O=C(O)C(F)(F)C(F)(F)C(F)(F)C(F)(F)C(F)(F)C(F)(Cl)C(Cl)(Cl)Cl. The predicted octanol–water partition coefficient (Wildman–Crippen LogP) is 5.52. The molecule has 2 nitrogen and oxygen atoms in total. The summed E-state index contributed by atoms with van der Waals surface area (Å²) < 4.78 is 140. The molecule has 0 aliphatic carbocycles. The van der Waals surface area contributed by atoms with E-state index in [9.17, 15) is 53.1 Å². The van der Waals surface area contributed by atoms with E-state index in [1.807, 2.05) is 0 Å². The fourth-order valence-electron chi connectivity index (χ4n) is 1.10. The second kappa shape index (κ2) is 6.20. The van der Waals surface area contributed by atoms with Crippen molar-refractivity contribution in [2.24, 2.45) is 0 Å². The first-order valence-electron chi connectivity index (χ1n) is 5.01. The highest BCUT2D eigenvalue weighted by Crippen LogP contribution is 2.64. The summed E-state index contributed by atoms with van der Waals surface area (Å²) in [5, 5.41) is 1.93. The molecule has 1 N–H and O–H groups in total. The van der Waals surface area contributed by atoms with Gasteiger partial charge in [-0.2, -0.15) is 43.9 Å². The Bertz CT molecular complexity index is 543. The van der Waals surface area contributed by atoms with Crippen LogP contribution >= 0.6 is 46.4 Å². The van der Waals surface area contributed by atoms with Crippen molar-refractivity contribution >= 4 is 52.4 Å². The summed E-state index contributed by atoms with van der Waals surface area (Å²) in [6, 6.07) is 0. The average molecular weight is 480 g/mol. The zero-order chi connectivity index (χ0) is 21.1. The van der Waals surface area contributed by atoms with Gasteiger partial charge >= 0.3 is 35.6 Å². The third-order valence-corrected chi connectivity index (χ3v) is 4.19. The van der Waals surface area contributed by atoms with Crippen LogP contribution in [-0.4, -0.2) is 49.6 Å². The Hall–Kier alpha value is -0.140. The Labute approximate surface area is 149 Å². The van der Waals surface area contributed by atoms with Crippen molar-refractivity contribution in [3.05, 3.63) is 0 Å². The summed E-state index contributed by atoms with van der Waals surface area (Å²) in [7, 11) is 0. The molecular weight excluding hydrogens is 479 g/mol. The normalized spacial score (nSPS) is 18.0. The maximum absolute atomic E-state index is 13.5. The lowest BCUT2D eigenvalue weighted by Crippen LogP contribution is -2.72. The highest BCUT2D eigenvalue weighted by molar-refractivity contribution is 6.70. The molecule has 17 heteroatoms. The number of aliphatic carboxylic acids is 1. The molecule has 0 heterocycles. The van der Waals surface area contributed by atoms with Gasteiger partial charge in [0.15, 0.2) is 0 Å². The third kappa shape index (κ3) is 3.18. The molecule has 1 unspecified atom stereocenters. The number of carboxylic acids is 1. The highest BCUT2D eigenvalue weighted by atomic mass is 35.6. The number of rotatable bonds is 6. The zero-order valence-corrected chi connectivity index (χ0v) is 13.5. The van der Waals surface area contributed by atoms with Crippen LogP contribution in [0.4, 0.5) is 48.3 Å². The molecule has 0 spiro atoms. The lowest BCUT2D eigenvalue weighted by Gasteiger charge is -2.42. The molecule has 0 amide bonds. The van der Waals surface area contributed by atoms with E-state index in [1.165, 1.54) is 0 Å². The molecule has 0 fully saturated rings. The number of halogens is 15. The minimum Gasteiger partial charge on any atom is -0.477 e. The molecule has 0 saturated heterocycles. The molecule has 0 aliphatic heterocycles. The maximum Gasteiger partial charge on any atom is 0.410 e. The van der Waals surface area contributed by atoms with Crippen molar-refractivity contribution in [2.75, 3.05) is 0 Å². The molecule has 0 radical (unpaired) electrons. The summed E-state index contributed by atoms with van der Waals surface area (Å²) >= 11 is 17.5. The zero-order valence-electron chi connectivity index (χ0n) is 10.5. The van der Waals surface area contributed by atoms with E-state index in [0.29, 0.717) is 0 Å². The van der Waals surface area contributed by atoms with Crippen LogP contribution in [0.3, 0.4) is 0 Å². The molecule has 0 aliphatic rings. The van der Waals surface area contributed by atoms with Crippen molar-refractivity contribution < 1.29 is 58.2 Å². The van der Waals surface area contributed by atoms with Gasteiger partial charge in [-0.15, -0.1) is 0 Å². The first-order chi connectivity index (χ1) is 10.4. The number of hydrogen-bond acceptors (Lipinski definition) is 1. The Morgan fingerprint density at radius 1 is 0.600 bits per heavy atom. The lowest BCUT2D eigenvalue weighted by molar-refractivity contribution is -0.405. The molecule has 0 rings (SSSR count). The Kier molecular flexibility index (Phi) is 6.16. The van der Waals surface area contributed by atoms with E-state index in [0.717, 1.165) is 0 Å². The van der Waals surface area contributed by atoms with Crippen LogP contribution in [0, 0.1) is 0 Å². The van der Waals surface area contributed by atoms with Gasteiger partial charge in [0, 0.05) is 0 Å². The van der Waals surface area contributed by atoms with Crippen molar-refractivity contribution in [1.82, 2.24) is 0 Å². The number of carboxylic acid groups (broad SMARTS) is 1. The van der Waals surface area contributed by atoms with Gasteiger partial charge in [-0.1, -0.05) is 46.4 Å². The Morgan fingerprint density at radius 2 is 0.880 bits per heavy atom. The largest absolute Gasteiger partial charge is 0.477 e. The van der Waals surface area contributed by atoms with Crippen molar-refractivity contribution in [2.45, 2.75) is 38.5 Å². The van der Waals surface area contributed by atoms with Gasteiger partial charge in [0.2, 0.25) is 3.79 Å². The topological polar surface area (TPSA) is 37.3 Å². The second-order valence-corrected chi connectivity index (χ2v) is 7.05. The monoisotopic (exact) mass is 478 g/mol. The molecule has 0 saturated carbocycles. The van der Waals surface area contributed by atoms with Crippen LogP contribution in [0.2, 0.25) is 0 Å². The molecule has 0 aromatic heterocycles. The van der Waals surface area contributed by atoms with Gasteiger partial charge < -0.3 is 5.11 Å². The average Bonchev–Trinajstić information content (AvgIpc) is 2.35. The van der Waals surface area contributed by atoms with Gasteiger partial charge in [-0.05, 0) is 0 Å². The summed E-state index contributed by atoms with van der Waals surface area (Å²) in [5.41, 5.74) is 0. The minimum atomic E-state index is -7.88. The summed E-state index contributed by atoms with van der Waals surface area (Å²) in [4.78, 5) is 9.89. The molecule has 0 bridgehead atoms. The fourth-order valence-corrected chi connectivity index (χ4v) is 1.58. The van der Waals surface area contributed by atoms with E-state index in [4.69, 9.17) is 5.11 Å². The number of alkyl halides is 15. The maximum atomic E-state index is 13.5. The predicted molar refractivity (Wildman–Crippen MR) is 62.4 cm³/mol. The molecule has 1 atom stereocenters. The molecule has 150 valence electrons.